The van der Waals surface area contributed by atoms with Crippen LogP contribution in [-0.4, -0.2) is 25.5 Å². The van der Waals surface area contributed by atoms with Gasteiger partial charge in [-0.25, -0.2) is 13.2 Å². The highest BCUT2D eigenvalue weighted by molar-refractivity contribution is 7.80. The predicted octanol–water partition coefficient (Wildman–Crippen LogP) is 8.93. The number of aliphatic imine (C=N–C) groups is 1. The van der Waals surface area contributed by atoms with E-state index in [1.165, 1.54) is 12.1 Å². The van der Waals surface area contributed by atoms with E-state index in [0.29, 0.717) is 57.6 Å². The Kier molecular flexibility index (Phi) is 9.00. The Labute approximate surface area is 218 Å². The van der Waals surface area contributed by atoms with Crippen LogP contribution in [0.25, 0.3) is 0 Å². The van der Waals surface area contributed by atoms with Crippen molar-refractivity contribution in [3.05, 3.63) is 63.4 Å². The first kappa shape index (κ1) is 28.0. The van der Waals surface area contributed by atoms with Gasteiger partial charge in [0.05, 0.1) is 5.02 Å². The highest BCUT2D eigenvalue weighted by Gasteiger charge is 2.45. The van der Waals surface area contributed by atoms with Gasteiger partial charge in [-0.05, 0) is 51.5 Å². The number of nitrogens with zero attached hydrogens (tertiary/aromatic N) is 1. The molecule has 0 saturated carbocycles. The molecule has 190 valence electrons. The van der Waals surface area contributed by atoms with Gasteiger partial charge in [0, 0.05) is 36.4 Å². The lowest BCUT2D eigenvalue weighted by molar-refractivity contribution is 0.287. The lowest BCUT2D eigenvalue weighted by Gasteiger charge is -2.42. The van der Waals surface area contributed by atoms with Crippen LogP contribution < -0.4 is 0 Å². The van der Waals surface area contributed by atoms with Crippen LogP contribution in [-0.2, 0) is 17.3 Å². The van der Waals surface area contributed by atoms with Crippen LogP contribution in [0.5, 0.6) is 0 Å². The molecular weight excluding hydrogens is 507 g/mol. The Morgan fingerprint density at radius 2 is 1.66 bits per heavy atom. The van der Waals surface area contributed by atoms with E-state index in [0.717, 1.165) is 11.8 Å². The van der Waals surface area contributed by atoms with Gasteiger partial charge in [0.25, 0.3) is 0 Å². The summed E-state index contributed by atoms with van der Waals surface area (Å²) in [6, 6.07) is 5.49. The largest absolute Gasteiger partial charge is 0.416 e. The molecule has 0 N–H and O–H groups in total. The van der Waals surface area contributed by atoms with Crippen LogP contribution >= 0.6 is 23.8 Å². The van der Waals surface area contributed by atoms with E-state index < -0.39 is 25.8 Å². The Morgan fingerprint density at radius 1 is 1.03 bits per heavy atom. The number of fused-ring (bicyclic) bond motifs is 1. The molecule has 3 rings (SSSR count). The molecule has 2 nitrogen and oxygen atoms in total. The first-order chi connectivity index (χ1) is 16.4. The van der Waals surface area contributed by atoms with Crippen LogP contribution in [0.1, 0.15) is 64.7 Å². The molecule has 0 radical (unpaired) electrons. The summed E-state index contributed by atoms with van der Waals surface area (Å²) < 4.78 is 49.3. The zero-order valence-corrected chi connectivity index (χ0v) is 23.7. The minimum Gasteiger partial charge on any atom is -0.416 e. The molecule has 0 amide bonds. The molecule has 35 heavy (non-hydrogen) atoms. The van der Waals surface area contributed by atoms with Gasteiger partial charge in [-0.15, -0.1) is 0 Å². The zero-order valence-electron chi connectivity index (χ0n) is 21.1. The number of rotatable bonds is 10. The molecule has 0 spiro atoms. The number of thiocarbonyl (C=S) groups is 1. The maximum absolute atomic E-state index is 14.7. The van der Waals surface area contributed by atoms with Gasteiger partial charge in [0.15, 0.2) is 20.0 Å². The Balaban J connectivity index is 1.79. The second kappa shape index (κ2) is 11.2. The predicted molar refractivity (Wildman–Crippen MR) is 146 cm³/mol. The fraction of sp³-hybridized carbons (Fsp3) is 0.481. The SMILES string of the molecule is CC(C)[Si](OCCC1=Nc2c(F)c(F)cc(C(=S)Cc3ccc(F)c(Cl)c3)c2C1)(C(C)C)C(C)C. The molecular formula is C27H33ClF3NOSSi. The van der Waals surface area contributed by atoms with Crippen LogP contribution in [0.15, 0.2) is 29.3 Å². The maximum atomic E-state index is 14.7. The summed E-state index contributed by atoms with van der Waals surface area (Å²) in [4.78, 5) is 4.88. The van der Waals surface area contributed by atoms with E-state index in [-0.39, 0.29) is 17.1 Å². The molecule has 1 aliphatic heterocycles. The van der Waals surface area contributed by atoms with Crippen molar-refractivity contribution in [2.45, 2.75) is 77.4 Å². The maximum Gasteiger partial charge on any atom is 0.200 e. The molecule has 0 atom stereocenters. The van der Waals surface area contributed by atoms with Crippen LogP contribution in [0.2, 0.25) is 21.6 Å². The summed E-state index contributed by atoms with van der Waals surface area (Å²) in [7, 11) is -2.03. The second-order valence-electron chi connectivity index (χ2n) is 10.2. The standard InChI is InChI=1S/C27H33ClF3NOSSi/c1-15(2)35(16(3)4,17(5)6)33-10-9-19-13-21-20(14-24(30)26(31)27(21)32-19)25(34)12-18-7-8-23(29)22(28)11-18/h7-8,11,14-17H,9-10,12-13H2,1-6H3. The van der Waals surface area contributed by atoms with E-state index in [2.05, 4.69) is 46.5 Å². The average molecular weight is 540 g/mol. The Bertz CT molecular complexity index is 1130. The van der Waals surface area contributed by atoms with Crippen LogP contribution in [0.3, 0.4) is 0 Å². The van der Waals surface area contributed by atoms with Gasteiger partial charge in [-0.1, -0.05) is 71.4 Å². The zero-order chi connectivity index (χ0) is 26.1. The molecule has 0 bridgehead atoms. The molecule has 1 heterocycles. The van der Waals surface area contributed by atoms with Crippen molar-refractivity contribution < 1.29 is 17.6 Å². The van der Waals surface area contributed by atoms with Gasteiger partial charge >= 0.3 is 0 Å². The molecule has 8 heteroatoms. The van der Waals surface area contributed by atoms with E-state index in [4.69, 9.17) is 28.2 Å². The summed E-state index contributed by atoms with van der Waals surface area (Å²) in [6.45, 7) is 13.9. The summed E-state index contributed by atoms with van der Waals surface area (Å²) in [6.07, 6.45) is 1.21. The molecule has 1 aliphatic rings. The number of hydrogen-bond acceptors (Lipinski definition) is 3. The molecule has 0 unspecified atom stereocenters. The highest BCUT2D eigenvalue weighted by Crippen LogP contribution is 2.42. The lowest BCUT2D eigenvalue weighted by Crippen LogP contribution is -2.48. The first-order valence-electron chi connectivity index (χ1n) is 12.1. The smallest absolute Gasteiger partial charge is 0.200 e. The fourth-order valence-corrected chi connectivity index (χ4v) is 11.5. The third-order valence-corrected chi connectivity index (χ3v) is 13.8. The van der Waals surface area contributed by atoms with E-state index >= 15 is 0 Å². The molecule has 2 aromatic rings. The lowest BCUT2D eigenvalue weighted by atomic mass is 9.95. The van der Waals surface area contributed by atoms with Crippen molar-refractivity contribution in [3.63, 3.8) is 0 Å². The monoisotopic (exact) mass is 539 g/mol. The third kappa shape index (κ3) is 5.73. The van der Waals surface area contributed by atoms with Gasteiger partial charge in [-0.2, -0.15) is 0 Å². The van der Waals surface area contributed by atoms with E-state index in [9.17, 15) is 13.2 Å². The van der Waals surface area contributed by atoms with Crippen LogP contribution in [0, 0.1) is 17.5 Å². The van der Waals surface area contributed by atoms with Crippen molar-refractivity contribution >= 4 is 48.4 Å². The summed E-state index contributed by atoms with van der Waals surface area (Å²) in [5.41, 5.74) is 3.92. The third-order valence-electron chi connectivity index (χ3n) is 7.05. The van der Waals surface area contributed by atoms with Crippen molar-refractivity contribution in [2.24, 2.45) is 4.99 Å². The molecule has 0 aliphatic carbocycles. The second-order valence-corrected chi connectivity index (χ2v) is 16.5. The Morgan fingerprint density at radius 3 is 2.23 bits per heavy atom. The van der Waals surface area contributed by atoms with Crippen molar-refractivity contribution in [3.8, 4) is 0 Å². The van der Waals surface area contributed by atoms with Gasteiger partial charge < -0.3 is 4.43 Å². The van der Waals surface area contributed by atoms with Crippen molar-refractivity contribution in [2.75, 3.05) is 6.61 Å². The van der Waals surface area contributed by atoms with Gasteiger partial charge in [-0.3, -0.25) is 4.99 Å². The number of hydrogen-bond donors (Lipinski definition) is 0. The minimum atomic E-state index is -2.03. The topological polar surface area (TPSA) is 21.6 Å². The quantitative estimate of drug-likeness (QED) is 0.171. The molecule has 0 saturated heterocycles. The highest BCUT2D eigenvalue weighted by atomic mass is 35.5. The van der Waals surface area contributed by atoms with Gasteiger partial charge in [0.1, 0.15) is 11.5 Å². The molecule has 0 aromatic heterocycles. The minimum absolute atomic E-state index is 0.00439. The Hall–Kier alpha value is -1.54. The van der Waals surface area contributed by atoms with Crippen LogP contribution in [0.4, 0.5) is 18.9 Å². The van der Waals surface area contributed by atoms with Gasteiger partial charge in [0.2, 0.25) is 0 Å². The summed E-state index contributed by atoms with van der Waals surface area (Å²) in [5.74, 6) is -2.46. The fourth-order valence-electron chi connectivity index (χ4n) is 5.52. The van der Waals surface area contributed by atoms with E-state index in [1.54, 1.807) is 6.07 Å². The normalized spacial score (nSPS) is 13.7. The molecule has 0 fully saturated rings. The van der Waals surface area contributed by atoms with Crippen molar-refractivity contribution in [1.82, 2.24) is 0 Å². The summed E-state index contributed by atoms with van der Waals surface area (Å²) >= 11 is 11.5. The van der Waals surface area contributed by atoms with E-state index in [1.807, 2.05) is 0 Å². The number of benzene rings is 2. The molecule has 2 aromatic carbocycles. The van der Waals surface area contributed by atoms with Crippen molar-refractivity contribution in [1.29, 1.82) is 0 Å². The average Bonchev–Trinajstić information content (AvgIpc) is 3.19. The number of halogens is 4. The summed E-state index contributed by atoms with van der Waals surface area (Å²) in [5, 5.41) is -0.00439. The first-order valence-corrected chi connectivity index (χ1v) is 15.0.